The van der Waals surface area contributed by atoms with Gasteiger partial charge in [0, 0.05) is 25.3 Å². The van der Waals surface area contributed by atoms with Gasteiger partial charge >= 0.3 is 0 Å². The zero-order valence-corrected chi connectivity index (χ0v) is 12.0. The van der Waals surface area contributed by atoms with E-state index in [-0.39, 0.29) is 0 Å². The largest absolute Gasteiger partial charge is 0.389 e. The highest BCUT2D eigenvalue weighted by Crippen LogP contribution is 2.30. The minimum Gasteiger partial charge on any atom is -0.389 e. The number of pyridine rings is 1. The van der Waals surface area contributed by atoms with E-state index in [0.717, 1.165) is 37.9 Å². The molecule has 106 valence electrons. The molecule has 19 heavy (non-hydrogen) atoms. The van der Waals surface area contributed by atoms with E-state index in [9.17, 15) is 5.11 Å². The number of nitrogens with zero attached hydrogens (tertiary/aromatic N) is 2. The average Bonchev–Trinajstić information content (AvgIpc) is 2.40. The molecular formula is C15H25N3O. The van der Waals surface area contributed by atoms with Crippen LogP contribution in [0.15, 0.2) is 24.4 Å². The third-order valence-electron chi connectivity index (χ3n) is 4.15. The highest BCUT2D eigenvalue weighted by molar-refractivity contribution is 5.03. The first-order valence-electron chi connectivity index (χ1n) is 7.10. The Labute approximate surface area is 115 Å². The van der Waals surface area contributed by atoms with E-state index in [1.165, 1.54) is 0 Å². The Bertz CT molecular complexity index is 374. The lowest BCUT2D eigenvalue weighted by atomic mass is 9.81. The molecule has 2 N–H and O–H groups in total. The number of likely N-dealkylation sites (N-methyl/N-ethyl adjacent to an activating group) is 1. The van der Waals surface area contributed by atoms with Crippen molar-refractivity contribution in [2.75, 3.05) is 20.6 Å². The van der Waals surface area contributed by atoms with Crippen LogP contribution in [0.3, 0.4) is 0 Å². The number of hydrogen-bond acceptors (Lipinski definition) is 4. The Balaban J connectivity index is 1.84. The van der Waals surface area contributed by atoms with Gasteiger partial charge in [-0.2, -0.15) is 0 Å². The van der Waals surface area contributed by atoms with E-state index in [1.54, 1.807) is 0 Å². The first-order chi connectivity index (χ1) is 9.13. The van der Waals surface area contributed by atoms with Gasteiger partial charge in [-0.05, 0) is 51.9 Å². The molecule has 1 aromatic rings. The summed E-state index contributed by atoms with van der Waals surface area (Å²) in [7, 11) is 4.05. The summed E-state index contributed by atoms with van der Waals surface area (Å²) in [5, 5.41) is 13.5. The maximum absolute atomic E-state index is 10.4. The number of nitrogens with one attached hydrogen (secondary N) is 1. The van der Waals surface area contributed by atoms with Crippen molar-refractivity contribution in [1.82, 2.24) is 15.2 Å². The van der Waals surface area contributed by atoms with Crippen molar-refractivity contribution in [3.63, 3.8) is 0 Å². The molecule has 1 aliphatic rings. The first kappa shape index (κ1) is 14.4. The van der Waals surface area contributed by atoms with Gasteiger partial charge in [0.05, 0.1) is 11.3 Å². The molecule has 4 heteroatoms. The molecule has 2 rings (SSSR count). The molecular weight excluding hydrogens is 238 g/mol. The molecule has 1 saturated carbocycles. The molecule has 0 aromatic carbocycles. The second-order valence-electron chi connectivity index (χ2n) is 5.72. The Morgan fingerprint density at radius 3 is 2.74 bits per heavy atom. The standard InChI is InChI=1S/C15H25N3O/c1-16-12-15(19)8-6-14(7-9-15)18(2)11-13-5-3-4-10-17-13/h3-5,10,14,16,19H,6-9,11-12H2,1-2H3. The van der Waals surface area contributed by atoms with Crippen molar-refractivity contribution in [2.24, 2.45) is 0 Å². The van der Waals surface area contributed by atoms with Gasteiger partial charge in [-0.1, -0.05) is 6.07 Å². The molecule has 0 amide bonds. The van der Waals surface area contributed by atoms with E-state index < -0.39 is 5.60 Å². The van der Waals surface area contributed by atoms with Gasteiger partial charge in [0.2, 0.25) is 0 Å². The summed E-state index contributed by atoms with van der Waals surface area (Å²) in [5.74, 6) is 0. The smallest absolute Gasteiger partial charge is 0.0772 e. The Kier molecular flexibility index (Phi) is 4.91. The van der Waals surface area contributed by atoms with Gasteiger partial charge in [0.1, 0.15) is 0 Å². The van der Waals surface area contributed by atoms with Crippen LogP contribution in [-0.4, -0.2) is 47.3 Å². The summed E-state index contributed by atoms with van der Waals surface area (Å²) in [6.07, 6.45) is 5.72. The number of aliphatic hydroxyl groups is 1. The molecule has 1 aliphatic carbocycles. The van der Waals surface area contributed by atoms with Crippen molar-refractivity contribution in [3.05, 3.63) is 30.1 Å². The minimum absolute atomic E-state index is 0.503. The molecule has 1 fully saturated rings. The Hall–Kier alpha value is -0.970. The van der Waals surface area contributed by atoms with Gasteiger partial charge in [-0.25, -0.2) is 0 Å². The van der Waals surface area contributed by atoms with Crippen molar-refractivity contribution >= 4 is 0 Å². The van der Waals surface area contributed by atoms with Crippen LogP contribution in [0.2, 0.25) is 0 Å². The fourth-order valence-electron chi connectivity index (χ4n) is 2.96. The number of rotatable bonds is 5. The molecule has 0 bridgehead atoms. The molecule has 0 radical (unpaired) electrons. The van der Waals surface area contributed by atoms with Crippen LogP contribution in [0, 0.1) is 0 Å². The molecule has 0 atom stereocenters. The van der Waals surface area contributed by atoms with Gasteiger partial charge in [-0.15, -0.1) is 0 Å². The topological polar surface area (TPSA) is 48.4 Å². The molecule has 0 saturated heterocycles. The summed E-state index contributed by atoms with van der Waals surface area (Å²) in [6.45, 7) is 1.58. The molecule has 0 unspecified atom stereocenters. The quantitative estimate of drug-likeness (QED) is 0.843. The monoisotopic (exact) mass is 263 g/mol. The van der Waals surface area contributed by atoms with E-state index in [4.69, 9.17) is 0 Å². The normalized spacial score (nSPS) is 27.7. The van der Waals surface area contributed by atoms with Crippen LogP contribution in [0.4, 0.5) is 0 Å². The van der Waals surface area contributed by atoms with Gasteiger partial charge < -0.3 is 10.4 Å². The van der Waals surface area contributed by atoms with Crippen molar-refractivity contribution in [3.8, 4) is 0 Å². The maximum atomic E-state index is 10.4. The maximum Gasteiger partial charge on any atom is 0.0772 e. The van der Waals surface area contributed by atoms with Crippen LogP contribution in [0.1, 0.15) is 31.4 Å². The van der Waals surface area contributed by atoms with Gasteiger partial charge in [-0.3, -0.25) is 9.88 Å². The average molecular weight is 263 g/mol. The van der Waals surface area contributed by atoms with Crippen molar-refractivity contribution in [2.45, 2.75) is 43.9 Å². The van der Waals surface area contributed by atoms with Crippen LogP contribution in [-0.2, 0) is 6.54 Å². The molecule has 1 aromatic heterocycles. The summed E-state index contributed by atoms with van der Waals surface area (Å²) < 4.78 is 0. The fourth-order valence-corrected chi connectivity index (χ4v) is 2.96. The van der Waals surface area contributed by atoms with Gasteiger partial charge in [0.25, 0.3) is 0 Å². The van der Waals surface area contributed by atoms with E-state index in [2.05, 4.69) is 28.3 Å². The lowest BCUT2D eigenvalue weighted by molar-refractivity contribution is -0.0156. The third-order valence-corrected chi connectivity index (χ3v) is 4.15. The zero-order chi connectivity index (χ0) is 13.7. The highest BCUT2D eigenvalue weighted by atomic mass is 16.3. The third kappa shape index (κ3) is 4.00. The number of aromatic nitrogens is 1. The minimum atomic E-state index is -0.503. The second-order valence-corrected chi connectivity index (χ2v) is 5.72. The Morgan fingerprint density at radius 1 is 1.42 bits per heavy atom. The molecule has 0 spiro atoms. The molecule has 1 heterocycles. The Morgan fingerprint density at radius 2 is 2.16 bits per heavy atom. The van der Waals surface area contributed by atoms with Crippen LogP contribution >= 0.6 is 0 Å². The van der Waals surface area contributed by atoms with Gasteiger partial charge in [0.15, 0.2) is 0 Å². The fraction of sp³-hybridized carbons (Fsp3) is 0.667. The lowest BCUT2D eigenvalue weighted by Crippen LogP contribution is -2.46. The van der Waals surface area contributed by atoms with Crippen LogP contribution < -0.4 is 5.32 Å². The highest BCUT2D eigenvalue weighted by Gasteiger charge is 2.33. The first-order valence-corrected chi connectivity index (χ1v) is 7.10. The molecule has 4 nitrogen and oxygen atoms in total. The van der Waals surface area contributed by atoms with E-state index in [1.807, 2.05) is 25.4 Å². The summed E-state index contributed by atoms with van der Waals surface area (Å²) in [4.78, 5) is 6.73. The lowest BCUT2D eigenvalue weighted by Gasteiger charge is -2.39. The zero-order valence-electron chi connectivity index (χ0n) is 12.0. The predicted octanol–water partition coefficient (Wildman–Crippen LogP) is 1.41. The summed E-state index contributed by atoms with van der Waals surface area (Å²) in [5.41, 5.74) is 0.609. The second kappa shape index (κ2) is 6.46. The van der Waals surface area contributed by atoms with Crippen LogP contribution in [0.5, 0.6) is 0 Å². The molecule has 0 aliphatic heterocycles. The van der Waals surface area contributed by atoms with E-state index >= 15 is 0 Å². The summed E-state index contributed by atoms with van der Waals surface area (Å²) in [6, 6.07) is 6.60. The van der Waals surface area contributed by atoms with Crippen molar-refractivity contribution in [1.29, 1.82) is 0 Å². The predicted molar refractivity (Wildman–Crippen MR) is 76.8 cm³/mol. The SMILES string of the molecule is CNCC1(O)CCC(N(C)Cc2ccccn2)CC1. The van der Waals surface area contributed by atoms with Crippen LogP contribution in [0.25, 0.3) is 0 Å². The number of hydrogen-bond donors (Lipinski definition) is 2. The van der Waals surface area contributed by atoms with E-state index in [0.29, 0.717) is 12.6 Å². The van der Waals surface area contributed by atoms with Crippen molar-refractivity contribution < 1.29 is 5.11 Å². The summed E-state index contributed by atoms with van der Waals surface area (Å²) >= 11 is 0.